The Hall–Kier alpha value is -2.62. The van der Waals surface area contributed by atoms with Crippen LogP contribution in [0.1, 0.15) is 35.3 Å². The molecule has 0 atom stereocenters. The number of aryl methyl sites for hydroxylation is 1. The molecule has 4 nitrogen and oxygen atoms in total. The molecule has 0 saturated carbocycles. The van der Waals surface area contributed by atoms with Crippen LogP contribution in [0.2, 0.25) is 0 Å². The van der Waals surface area contributed by atoms with Crippen LogP contribution in [-0.2, 0) is 0 Å². The first-order valence-corrected chi connectivity index (χ1v) is 7.22. The van der Waals surface area contributed by atoms with Crippen molar-refractivity contribution in [1.29, 1.82) is 0 Å². The van der Waals surface area contributed by atoms with E-state index in [1.165, 1.54) is 0 Å². The molecule has 4 heteroatoms. The van der Waals surface area contributed by atoms with E-state index in [1.54, 1.807) is 12.3 Å². The summed E-state index contributed by atoms with van der Waals surface area (Å²) in [6, 6.07) is 14.9. The standard InChI is InChI=1S/C18H20N2O2/c1-13(2)22-16-10-8-15(9-11-16)12-19-20-18(21)17-7-5-4-6-14(17)3/h4-13H,1-3H3,(H,20,21)/b19-12-. The normalized spacial score (nSPS) is 10.9. The first kappa shape index (κ1) is 15.8. The number of nitrogens with zero attached hydrogens (tertiary/aromatic N) is 1. The van der Waals surface area contributed by atoms with E-state index in [9.17, 15) is 4.79 Å². The highest BCUT2D eigenvalue weighted by atomic mass is 16.5. The largest absolute Gasteiger partial charge is 0.491 e. The smallest absolute Gasteiger partial charge is 0.271 e. The zero-order valence-electron chi connectivity index (χ0n) is 13.0. The number of carbonyl (C=O) groups excluding carboxylic acids is 1. The van der Waals surface area contributed by atoms with Crippen LogP contribution in [0.15, 0.2) is 53.6 Å². The molecule has 0 aliphatic rings. The third-order valence-electron chi connectivity index (χ3n) is 3.02. The van der Waals surface area contributed by atoms with E-state index in [0.29, 0.717) is 5.56 Å². The molecule has 1 amide bonds. The molecule has 2 rings (SSSR count). The first-order chi connectivity index (χ1) is 10.6. The van der Waals surface area contributed by atoms with Crippen LogP contribution in [0.4, 0.5) is 0 Å². The molecule has 0 spiro atoms. The Morgan fingerprint density at radius 2 is 1.82 bits per heavy atom. The molecule has 0 aliphatic heterocycles. The summed E-state index contributed by atoms with van der Waals surface area (Å²) in [6.07, 6.45) is 1.75. The lowest BCUT2D eigenvalue weighted by atomic mass is 10.1. The predicted octanol–water partition coefficient (Wildman–Crippen LogP) is 3.55. The molecular formula is C18H20N2O2. The Kier molecular flexibility index (Phi) is 5.31. The maximum absolute atomic E-state index is 12.0. The van der Waals surface area contributed by atoms with Crippen LogP contribution >= 0.6 is 0 Å². The van der Waals surface area contributed by atoms with Crippen molar-refractivity contribution in [2.75, 3.05) is 0 Å². The second kappa shape index (κ2) is 7.41. The quantitative estimate of drug-likeness (QED) is 0.677. The van der Waals surface area contributed by atoms with Crippen molar-refractivity contribution >= 4 is 12.1 Å². The Morgan fingerprint density at radius 3 is 2.45 bits per heavy atom. The van der Waals surface area contributed by atoms with Crippen molar-refractivity contribution in [2.45, 2.75) is 26.9 Å². The Morgan fingerprint density at radius 1 is 1.14 bits per heavy atom. The van der Waals surface area contributed by atoms with Gasteiger partial charge in [0.1, 0.15) is 5.75 Å². The minimum atomic E-state index is -0.214. The number of hydrogen-bond donors (Lipinski definition) is 1. The lowest BCUT2D eigenvalue weighted by Crippen LogP contribution is -2.18. The summed E-state index contributed by atoms with van der Waals surface area (Å²) in [6.45, 7) is 5.86. The summed E-state index contributed by atoms with van der Waals surface area (Å²) < 4.78 is 5.57. The summed E-state index contributed by atoms with van der Waals surface area (Å²) in [7, 11) is 0. The fraction of sp³-hybridized carbons (Fsp3) is 0.222. The van der Waals surface area contributed by atoms with Gasteiger partial charge in [0.05, 0.1) is 12.3 Å². The van der Waals surface area contributed by atoms with E-state index in [-0.39, 0.29) is 12.0 Å². The molecule has 114 valence electrons. The van der Waals surface area contributed by atoms with Gasteiger partial charge in [-0.25, -0.2) is 5.43 Å². The molecule has 0 heterocycles. The number of amides is 1. The van der Waals surface area contributed by atoms with Gasteiger partial charge in [-0.3, -0.25) is 4.79 Å². The molecule has 0 aliphatic carbocycles. The lowest BCUT2D eigenvalue weighted by Gasteiger charge is -2.09. The number of carbonyl (C=O) groups is 1. The molecule has 0 aromatic heterocycles. The van der Waals surface area contributed by atoms with Crippen LogP contribution in [-0.4, -0.2) is 18.2 Å². The third-order valence-corrected chi connectivity index (χ3v) is 3.02. The number of hydrazone groups is 1. The maximum Gasteiger partial charge on any atom is 0.271 e. The van der Waals surface area contributed by atoms with Crippen molar-refractivity contribution in [3.05, 3.63) is 65.2 Å². The van der Waals surface area contributed by atoms with Gasteiger partial charge in [0, 0.05) is 5.56 Å². The minimum absolute atomic E-state index is 0.146. The Labute approximate surface area is 130 Å². The monoisotopic (exact) mass is 296 g/mol. The molecule has 0 fully saturated rings. The maximum atomic E-state index is 12.0. The topological polar surface area (TPSA) is 50.7 Å². The first-order valence-electron chi connectivity index (χ1n) is 7.22. The SMILES string of the molecule is Cc1ccccc1C(=O)N/N=C\c1ccc(OC(C)C)cc1. The minimum Gasteiger partial charge on any atom is -0.491 e. The number of nitrogens with one attached hydrogen (secondary N) is 1. The fourth-order valence-electron chi connectivity index (χ4n) is 1.96. The lowest BCUT2D eigenvalue weighted by molar-refractivity contribution is 0.0954. The van der Waals surface area contributed by atoms with Crippen molar-refractivity contribution in [1.82, 2.24) is 5.43 Å². The summed E-state index contributed by atoms with van der Waals surface area (Å²) >= 11 is 0. The average molecular weight is 296 g/mol. The van der Waals surface area contributed by atoms with Gasteiger partial charge in [-0.05, 0) is 62.2 Å². The zero-order valence-corrected chi connectivity index (χ0v) is 13.0. The molecule has 0 saturated heterocycles. The molecule has 1 N–H and O–H groups in total. The van der Waals surface area contributed by atoms with Gasteiger partial charge in [-0.1, -0.05) is 18.2 Å². The van der Waals surface area contributed by atoms with Crippen LogP contribution in [0.3, 0.4) is 0 Å². The second-order valence-electron chi connectivity index (χ2n) is 5.25. The average Bonchev–Trinajstić information content (AvgIpc) is 2.49. The summed E-state index contributed by atoms with van der Waals surface area (Å²) in [5.41, 5.74) is 4.97. The summed E-state index contributed by atoms with van der Waals surface area (Å²) in [4.78, 5) is 12.0. The Bertz CT molecular complexity index is 661. The molecular weight excluding hydrogens is 276 g/mol. The van der Waals surface area contributed by atoms with Gasteiger partial charge in [0.25, 0.3) is 5.91 Å². The zero-order chi connectivity index (χ0) is 15.9. The van der Waals surface area contributed by atoms with Gasteiger partial charge in [-0.2, -0.15) is 5.10 Å². The summed E-state index contributed by atoms with van der Waals surface area (Å²) in [5, 5.41) is 3.98. The van der Waals surface area contributed by atoms with E-state index in [4.69, 9.17) is 4.74 Å². The van der Waals surface area contributed by atoms with E-state index in [0.717, 1.165) is 16.9 Å². The van der Waals surface area contributed by atoms with E-state index >= 15 is 0 Å². The van der Waals surface area contributed by atoms with Crippen molar-refractivity contribution in [3.8, 4) is 5.75 Å². The van der Waals surface area contributed by atoms with Crippen molar-refractivity contribution in [3.63, 3.8) is 0 Å². The molecule has 0 bridgehead atoms. The van der Waals surface area contributed by atoms with Gasteiger partial charge in [0.2, 0.25) is 0 Å². The van der Waals surface area contributed by atoms with Crippen LogP contribution in [0, 0.1) is 6.92 Å². The molecule has 22 heavy (non-hydrogen) atoms. The van der Waals surface area contributed by atoms with Crippen LogP contribution in [0.5, 0.6) is 5.75 Å². The van der Waals surface area contributed by atoms with E-state index < -0.39 is 0 Å². The van der Waals surface area contributed by atoms with Gasteiger partial charge < -0.3 is 4.74 Å². The second-order valence-corrected chi connectivity index (χ2v) is 5.25. The van der Waals surface area contributed by atoms with Gasteiger partial charge in [0.15, 0.2) is 0 Å². The van der Waals surface area contributed by atoms with Gasteiger partial charge >= 0.3 is 0 Å². The fourth-order valence-corrected chi connectivity index (χ4v) is 1.96. The highest BCUT2D eigenvalue weighted by Gasteiger charge is 2.06. The van der Waals surface area contributed by atoms with Crippen molar-refractivity contribution in [2.24, 2.45) is 5.10 Å². The Balaban J connectivity index is 1.95. The molecule has 0 unspecified atom stereocenters. The van der Waals surface area contributed by atoms with Crippen molar-refractivity contribution < 1.29 is 9.53 Å². The number of rotatable bonds is 5. The summed E-state index contributed by atoms with van der Waals surface area (Å²) in [5.74, 6) is 0.602. The molecule has 0 radical (unpaired) electrons. The van der Waals surface area contributed by atoms with Crippen LogP contribution in [0.25, 0.3) is 0 Å². The van der Waals surface area contributed by atoms with Gasteiger partial charge in [-0.15, -0.1) is 0 Å². The highest BCUT2D eigenvalue weighted by molar-refractivity contribution is 5.96. The third kappa shape index (κ3) is 4.45. The van der Waals surface area contributed by atoms with Crippen LogP contribution < -0.4 is 10.2 Å². The van der Waals surface area contributed by atoms with E-state index in [1.807, 2.05) is 63.2 Å². The van der Waals surface area contributed by atoms with E-state index in [2.05, 4.69) is 10.5 Å². The number of hydrogen-bond acceptors (Lipinski definition) is 3. The number of benzene rings is 2. The number of ether oxygens (including phenoxy) is 1. The predicted molar refractivity (Wildman–Crippen MR) is 88.4 cm³/mol. The highest BCUT2D eigenvalue weighted by Crippen LogP contribution is 2.12. The molecule has 2 aromatic rings. The molecule has 2 aromatic carbocycles.